The molecule has 0 fully saturated rings. The third-order valence-electron chi connectivity index (χ3n) is 3.08. The van der Waals surface area contributed by atoms with Crippen molar-refractivity contribution < 1.29 is 9.53 Å². The number of hydrogen-bond donors (Lipinski definition) is 2. The number of ether oxygens (including phenoxy) is 1. The Morgan fingerprint density at radius 1 is 1.16 bits per heavy atom. The molecule has 6 nitrogen and oxygen atoms in total. The number of para-hydroxylation sites is 1. The summed E-state index contributed by atoms with van der Waals surface area (Å²) in [6.45, 7) is 0. The molecule has 0 saturated carbocycles. The van der Waals surface area contributed by atoms with Gasteiger partial charge in [0.2, 0.25) is 6.41 Å². The van der Waals surface area contributed by atoms with E-state index in [0.717, 1.165) is 37.7 Å². The van der Waals surface area contributed by atoms with Gasteiger partial charge in [0.1, 0.15) is 5.75 Å². The summed E-state index contributed by atoms with van der Waals surface area (Å²) in [5.74, 6) is 12.2. The van der Waals surface area contributed by atoms with Gasteiger partial charge in [0.15, 0.2) is 0 Å². The number of nitrogens with zero attached hydrogens (tertiary/aromatic N) is 2. The van der Waals surface area contributed by atoms with Gasteiger partial charge in [0.05, 0.1) is 12.8 Å². The van der Waals surface area contributed by atoms with Crippen molar-refractivity contribution in [2.24, 2.45) is 11.7 Å². The van der Waals surface area contributed by atoms with Crippen LogP contribution >= 0.6 is 23.4 Å². The number of amides is 1. The van der Waals surface area contributed by atoms with Gasteiger partial charge in [-0.25, -0.2) is 11.7 Å². The number of carbonyl (C=O) groups is 1. The first-order valence-electron chi connectivity index (χ1n) is 7.35. The third-order valence-corrected chi connectivity index (χ3v) is 4.52. The number of halogens is 1. The predicted molar refractivity (Wildman–Crippen MR) is 105 cm³/mol. The molecule has 0 aliphatic rings. The van der Waals surface area contributed by atoms with E-state index in [9.17, 15) is 4.79 Å². The highest BCUT2D eigenvalue weighted by molar-refractivity contribution is 7.98. The number of methoxy groups -OCH3 is 1. The summed E-state index contributed by atoms with van der Waals surface area (Å²) in [7, 11) is 4.95. The second-order valence-electron chi connectivity index (χ2n) is 5.06. The van der Waals surface area contributed by atoms with E-state index < -0.39 is 0 Å². The van der Waals surface area contributed by atoms with Gasteiger partial charge in [-0.1, -0.05) is 29.8 Å². The van der Waals surface area contributed by atoms with Gasteiger partial charge < -0.3 is 9.75 Å². The summed E-state index contributed by atoms with van der Waals surface area (Å²) in [5.41, 5.74) is 1.95. The predicted octanol–water partition coefficient (Wildman–Crippen LogP) is 2.90. The van der Waals surface area contributed by atoms with E-state index in [0.29, 0.717) is 6.41 Å². The summed E-state index contributed by atoms with van der Waals surface area (Å²) in [6.07, 6.45) is 0.528. The average molecular weight is 383 g/mol. The van der Waals surface area contributed by atoms with Crippen LogP contribution in [0, 0.1) is 0 Å². The van der Waals surface area contributed by atoms with Crippen molar-refractivity contribution in [3.05, 3.63) is 53.1 Å². The molecule has 8 heteroatoms. The maximum atomic E-state index is 9.31. The van der Waals surface area contributed by atoms with Crippen LogP contribution in [-0.4, -0.2) is 32.6 Å². The Hall–Kier alpha value is -1.93. The summed E-state index contributed by atoms with van der Waals surface area (Å²) >= 11 is 7.97. The van der Waals surface area contributed by atoms with Crippen LogP contribution in [0.25, 0.3) is 0 Å². The van der Waals surface area contributed by atoms with Crippen LogP contribution in [0.4, 0.5) is 5.69 Å². The Bertz CT molecular complexity index is 683. The summed E-state index contributed by atoms with van der Waals surface area (Å²) in [4.78, 5) is 10.4. The molecule has 0 aliphatic heterocycles. The number of nitrogens with two attached hydrogens (primary N) is 2. The van der Waals surface area contributed by atoms with Crippen molar-refractivity contribution in [1.82, 2.24) is 5.01 Å². The lowest BCUT2D eigenvalue weighted by atomic mass is 10.2. The highest BCUT2D eigenvalue weighted by Gasteiger charge is 2.11. The van der Waals surface area contributed by atoms with Crippen molar-refractivity contribution in [3.63, 3.8) is 0 Å². The normalized spacial score (nSPS) is 9.68. The van der Waals surface area contributed by atoms with Gasteiger partial charge in [-0.15, -0.1) is 11.8 Å². The lowest BCUT2D eigenvalue weighted by Gasteiger charge is -2.18. The van der Waals surface area contributed by atoms with Crippen LogP contribution in [0.5, 0.6) is 5.75 Å². The van der Waals surface area contributed by atoms with Crippen LogP contribution in [0.2, 0.25) is 5.02 Å². The van der Waals surface area contributed by atoms with E-state index in [-0.39, 0.29) is 0 Å². The van der Waals surface area contributed by atoms with Crippen molar-refractivity contribution in [2.75, 3.05) is 26.2 Å². The van der Waals surface area contributed by atoms with E-state index in [1.165, 1.54) is 7.05 Å². The first-order chi connectivity index (χ1) is 11.9. The second-order valence-corrected chi connectivity index (χ2v) is 6.48. The van der Waals surface area contributed by atoms with Gasteiger partial charge >= 0.3 is 0 Å². The summed E-state index contributed by atoms with van der Waals surface area (Å²) in [6, 6.07) is 13.7. The standard InChI is InChI=1S/C15H17ClN2OS.C2H6N2O/c1-18(17)13-7-5-6-12(16)11(13)10-20-15-9-4-3-8-14(15)19-2;1-4(3)2-5/h3-9H,10,17H2,1-2H3;2H,3H2,1H3. The maximum Gasteiger partial charge on any atom is 0.223 e. The lowest BCUT2D eigenvalue weighted by Crippen LogP contribution is -2.26. The average Bonchev–Trinajstić information content (AvgIpc) is 2.61. The molecule has 0 aliphatic carbocycles. The molecule has 0 saturated heterocycles. The molecular weight excluding hydrogens is 360 g/mol. The minimum Gasteiger partial charge on any atom is -0.496 e. The number of hydrazine groups is 2. The topological polar surface area (TPSA) is 84.8 Å². The Morgan fingerprint density at radius 3 is 2.36 bits per heavy atom. The molecule has 2 rings (SSSR count). The molecule has 0 atom stereocenters. The molecule has 25 heavy (non-hydrogen) atoms. The Labute approximate surface area is 157 Å². The molecule has 0 aromatic heterocycles. The van der Waals surface area contributed by atoms with Crippen molar-refractivity contribution >= 4 is 35.5 Å². The van der Waals surface area contributed by atoms with Crippen LogP contribution in [-0.2, 0) is 10.5 Å². The number of benzene rings is 2. The third kappa shape index (κ3) is 6.83. The molecule has 0 unspecified atom stereocenters. The molecule has 2 aromatic rings. The monoisotopic (exact) mass is 382 g/mol. The zero-order valence-electron chi connectivity index (χ0n) is 14.5. The SMILES string of the molecule is CN(N)C=O.COc1ccccc1SCc1c(Cl)cccc1N(C)N. The molecule has 0 spiro atoms. The largest absolute Gasteiger partial charge is 0.496 e. The fourth-order valence-electron chi connectivity index (χ4n) is 1.91. The highest BCUT2D eigenvalue weighted by Crippen LogP contribution is 2.36. The molecule has 2 aromatic carbocycles. The Morgan fingerprint density at radius 2 is 1.80 bits per heavy atom. The van der Waals surface area contributed by atoms with Crippen molar-refractivity contribution in [1.29, 1.82) is 0 Å². The first-order valence-corrected chi connectivity index (χ1v) is 8.71. The minimum absolute atomic E-state index is 0.528. The van der Waals surface area contributed by atoms with Gasteiger partial charge in [0, 0.05) is 35.3 Å². The second kappa shape index (κ2) is 10.8. The van der Waals surface area contributed by atoms with Crippen LogP contribution in [0.3, 0.4) is 0 Å². The van der Waals surface area contributed by atoms with E-state index in [2.05, 4.69) is 0 Å². The number of thioether (sulfide) groups is 1. The number of carbonyl (C=O) groups excluding carboxylic acids is 1. The molecule has 0 bridgehead atoms. The minimum atomic E-state index is 0.528. The summed E-state index contributed by atoms with van der Waals surface area (Å²) in [5, 5.41) is 3.26. The van der Waals surface area contributed by atoms with E-state index in [4.69, 9.17) is 28.0 Å². The fraction of sp³-hybridized carbons (Fsp3) is 0.235. The van der Waals surface area contributed by atoms with Crippen LogP contribution < -0.4 is 21.4 Å². The van der Waals surface area contributed by atoms with Crippen LogP contribution in [0.15, 0.2) is 47.4 Å². The molecule has 0 heterocycles. The fourth-order valence-corrected chi connectivity index (χ4v) is 3.30. The zero-order valence-corrected chi connectivity index (χ0v) is 16.1. The highest BCUT2D eigenvalue weighted by atomic mass is 35.5. The number of rotatable bonds is 6. The quantitative estimate of drug-likeness (QED) is 0.263. The van der Waals surface area contributed by atoms with Gasteiger partial charge in [-0.05, 0) is 24.3 Å². The molecule has 0 radical (unpaired) electrons. The zero-order chi connectivity index (χ0) is 18.8. The Kier molecular flexibility index (Phi) is 9.15. The van der Waals surface area contributed by atoms with E-state index >= 15 is 0 Å². The van der Waals surface area contributed by atoms with Crippen molar-refractivity contribution in [2.45, 2.75) is 10.6 Å². The van der Waals surface area contributed by atoms with Crippen LogP contribution in [0.1, 0.15) is 5.56 Å². The van der Waals surface area contributed by atoms with Gasteiger partial charge in [0.25, 0.3) is 0 Å². The maximum absolute atomic E-state index is 9.31. The number of anilines is 1. The smallest absolute Gasteiger partial charge is 0.223 e. The summed E-state index contributed by atoms with van der Waals surface area (Å²) < 4.78 is 5.35. The van der Waals surface area contributed by atoms with E-state index in [1.54, 1.807) is 23.9 Å². The lowest BCUT2D eigenvalue weighted by molar-refractivity contribution is -0.117. The van der Waals surface area contributed by atoms with Crippen molar-refractivity contribution in [3.8, 4) is 5.75 Å². The molecule has 136 valence electrons. The Balaban J connectivity index is 0.000000550. The van der Waals surface area contributed by atoms with Gasteiger partial charge in [-0.2, -0.15) is 0 Å². The molecule has 1 amide bonds. The number of hydrogen-bond acceptors (Lipinski definition) is 6. The first kappa shape index (κ1) is 21.1. The molecular formula is C17H23ClN4O2S. The van der Waals surface area contributed by atoms with E-state index in [1.807, 2.05) is 49.5 Å². The van der Waals surface area contributed by atoms with Gasteiger partial charge in [-0.3, -0.25) is 9.80 Å². The molecule has 4 N–H and O–H groups in total.